The third-order valence-electron chi connectivity index (χ3n) is 2.59. The number of halogens is 1. The van der Waals surface area contributed by atoms with E-state index in [9.17, 15) is 8.42 Å². The first-order valence-electron chi connectivity index (χ1n) is 5.99. The molecule has 0 aromatic heterocycles. The van der Waals surface area contributed by atoms with Gasteiger partial charge in [-0.05, 0) is 24.1 Å². The van der Waals surface area contributed by atoms with Crippen molar-refractivity contribution in [3.05, 3.63) is 28.8 Å². The Hall–Kier alpha value is -0.620. The van der Waals surface area contributed by atoms with E-state index in [1.165, 1.54) is 6.07 Å². The summed E-state index contributed by atoms with van der Waals surface area (Å²) in [6.07, 6.45) is 2.88. The number of hydrogen-bond acceptors (Lipinski definition) is 3. The Morgan fingerprint density at radius 1 is 1.33 bits per heavy atom. The highest BCUT2D eigenvalue weighted by Gasteiger charge is 2.17. The molecule has 0 aliphatic heterocycles. The van der Waals surface area contributed by atoms with Gasteiger partial charge in [0, 0.05) is 13.1 Å². The smallest absolute Gasteiger partial charge is 0.242 e. The number of benzene rings is 1. The maximum absolute atomic E-state index is 12.0. The van der Waals surface area contributed by atoms with Crippen LogP contribution in [0.1, 0.15) is 31.7 Å². The van der Waals surface area contributed by atoms with Crippen LogP contribution in [0.2, 0.25) is 5.02 Å². The van der Waals surface area contributed by atoms with E-state index in [2.05, 4.69) is 11.6 Å². The molecule has 0 amide bonds. The van der Waals surface area contributed by atoms with E-state index >= 15 is 0 Å². The summed E-state index contributed by atoms with van der Waals surface area (Å²) in [7, 11) is -3.52. The molecule has 0 fully saturated rings. The van der Waals surface area contributed by atoms with Gasteiger partial charge < -0.3 is 5.73 Å². The molecule has 3 N–H and O–H groups in total. The van der Waals surface area contributed by atoms with Gasteiger partial charge >= 0.3 is 0 Å². The van der Waals surface area contributed by atoms with Crippen molar-refractivity contribution in [3.63, 3.8) is 0 Å². The summed E-state index contributed by atoms with van der Waals surface area (Å²) in [5.74, 6) is 0. The molecule has 18 heavy (non-hydrogen) atoms. The van der Waals surface area contributed by atoms with E-state index in [1.807, 2.05) is 0 Å². The largest absolute Gasteiger partial charge is 0.326 e. The van der Waals surface area contributed by atoms with Crippen molar-refractivity contribution in [2.24, 2.45) is 5.73 Å². The average Bonchev–Trinajstić information content (AvgIpc) is 2.34. The highest BCUT2D eigenvalue weighted by molar-refractivity contribution is 7.89. The van der Waals surface area contributed by atoms with Crippen molar-refractivity contribution in [2.45, 2.75) is 37.6 Å². The van der Waals surface area contributed by atoms with Crippen molar-refractivity contribution >= 4 is 21.6 Å². The van der Waals surface area contributed by atoms with Gasteiger partial charge in [0.1, 0.15) is 4.90 Å². The fraction of sp³-hybridized carbons (Fsp3) is 0.500. The fourth-order valence-corrected chi connectivity index (χ4v) is 3.19. The van der Waals surface area contributed by atoms with Crippen LogP contribution in [0, 0.1) is 0 Å². The quantitative estimate of drug-likeness (QED) is 0.757. The van der Waals surface area contributed by atoms with E-state index in [0.717, 1.165) is 24.8 Å². The highest BCUT2D eigenvalue weighted by Crippen LogP contribution is 2.22. The minimum absolute atomic E-state index is 0.109. The number of nitrogens with two attached hydrogens (primary N) is 1. The van der Waals surface area contributed by atoms with Crippen LogP contribution in [0.15, 0.2) is 23.1 Å². The molecule has 0 unspecified atom stereocenters. The topological polar surface area (TPSA) is 72.2 Å². The van der Waals surface area contributed by atoms with E-state index in [0.29, 0.717) is 13.1 Å². The summed E-state index contributed by atoms with van der Waals surface area (Å²) in [5, 5.41) is 0.209. The zero-order valence-electron chi connectivity index (χ0n) is 10.4. The molecule has 0 aliphatic rings. The highest BCUT2D eigenvalue weighted by atomic mass is 35.5. The van der Waals surface area contributed by atoms with E-state index in [4.69, 9.17) is 17.3 Å². The minimum atomic E-state index is -3.52. The number of nitrogens with one attached hydrogen (secondary N) is 1. The van der Waals surface area contributed by atoms with Gasteiger partial charge in [-0.25, -0.2) is 13.1 Å². The predicted octanol–water partition coefficient (Wildman–Crippen LogP) is 2.27. The molecule has 0 heterocycles. The molecule has 0 saturated heterocycles. The average molecular weight is 291 g/mol. The van der Waals surface area contributed by atoms with Gasteiger partial charge in [-0.3, -0.25) is 0 Å². The van der Waals surface area contributed by atoms with Crippen LogP contribution in [0.3, 0.4) is 0 Å². The van der Waals surface area contributed by atoms with Crippen LogP contribution >= 0.6 is 11.6 Å². The Labute approximate surface area is 114 Å². The molecule has 1 rings (SSSR count). The van der Waals surface area contributed by atoms with Gasteiger partial charge in [0.05, 0.1) is 5.02 Å². The molecule has 0 radical (unpaired) electrons. The van der Waals surface area contributed by atoms with Crippen molar-refractivity contribution in [3.8, 4) is 0 Å². The molecule has 4 nitrogen and oxygen atoms in total. The SMILES string of the molecule is CCCCCNS(=O)(=O)c1ccc(CN)cc1Cl. The second-order valence-corrected chi connectivity index (χ2v) is 6.22. The van der Waals surface area contributed by atoms with Crippen molar-refractivity contribution < 1.29 is 8.42 Å². The first kappa shape index (κ1) is 15.4. The Balaban J connectivity index is 2.78. The van der Waals surface area contributed by atoms with Gasteiger partial charge in [-0.2, -0.15) is 0 Å². The van der Waals surface area contributed by atoms with Gasteiger partial charge in [0.2, 0.25) is 10.0 Å². The third kappa shape index (κ3) is 4.24. The zero-order valence-corrected chi connectivity index (χ0v) is 12.0. The van der Waals surface area contributed by atoms with Crippen LogP contribution in [-0.4, -0.2) is 15.0 Å². The van der Waals surface area contributed by atoms with Crippen molar-refractivity contribution in [1.29, 1.82) is 0 Å². The third-order valence-corrected chi connectivity index (χ3v) is 4.54. The first-order valence-corrected chi connectivity index (χ1v) is 7.85. The molecule has 0 spiro atoms. The first-order chi connectivity index (χ1) is 8.51. The zero-order chi connectivity index (χ0) is 13.6. The molecular formula is C12H19ClN2O2S. The number of hydrogen-bond donors (Lipinski definition) is 2. The molecule has 1 aromatic rings. The maximum Gasteiger partial charge on any atom is 0.242 e. The van der Waals surface area contributed by atoms with E-state index < -0.39 is 10.0 Å². The Morgan fingerprint density at radius 3 is 2.61 bits per heavy atom. The Morgan fingerprint density at radius 2 is 2.06 bits per heavy atom. The number of unbranched alkanes of at least 4 members (excludes halogenated alkanes) is 2. The second kappa shape index (κ2) is 7.09. The van der Waals surface area contributed by atoms with Crippen LogP contribution in [0.5, 0.6) is 0 Å². The van der Waals surface area contributed by atoms with Gasteiger partial charge in [0.15, 0.2) is 0 Å². The molecule has 102 valence electrons. The molecule has 0 atom stereocenters. The second-order valence-electron chi connectivity index (χ2n) is 4.07. The summed E-state index contributed by atoms with van der Waals surface area (Å²) < 4.78 is 26.5. The lowest BCUT2D eigenvalue weighted by Gasteiger charge is -2.09. The molecule has 0 saturated carbocycles. The monoisotopic (exact) mass is 290 g/mol. The fourth-order valence-electron chi connectivity index (χ4n) is 1.55. The molecule has 1 aromatic carbocycles. The summed E-state index contributed by atoms with van der Waals surface area (Å²) in [5.41, 5.74) is 6.28. The standard InChI is InChI=1S/C12H19ClN2O2S/c1-2-3-4-7-15-18(16,17)12-6-5-10(9-14)8-11(12)13/h5-6,8,15H,2-4,7,9,14H2,1H3. The minimum Gasteiger partial charge on any atom is -0.326 e. The van der Waals surface area contributed by atoms with Crippen LogP contribution in [-0.2, 0) is 16.6 Å². The normalized spacial score (nSPS) is 11.7. The summed E-state index contributed by atoms with van der Waals surface area (Å²) >= 11 is 5.96. The number of rotatable bonds is 7. The predicted molar refractivity (Wildman–Crippen MR) is 74.1 cm³/mol. The summed E-state index contributed by atoms with van der Waals surface area (Å²) in [6, 6.07) is 4.75. The molecule has 0 bridgehead atoms. The number of sulfonamides is 1. The Bertz CT molecular complexity index is 489. The Kier molecular flexibility index (Phi) is 6.08. The van der Waals surface area contributed by atoms with Crippen LogP contribution in [0.4, 0.5) is 0 Å². The van der Waals surface area contributed by atoms with Gasteiger partial charge in [-0.15, -0.1) is 0 Å². The molecule has 0 aliphatic carbocycles. The van der Waals surface area contributed by atoms with E-state index in [-0.39, 0.29) is 9.92 Å². The summed E-state index contributed by atoms with van der Waals surface area (Å²) in [6.45, 7) is 2.84. The maximum atomic E-state index is 12.0. The van der Waals surface area contributed by atoms with E-state index in [1.54, 1.807) is 12.1 Å². The van der Waals surface area contributed by atoms with Gasteiger partial charge in [-0.1, -0.05) is 37.4 Å². The molecule has 6 heteroatoms. The lowest BCUT2D eigenvalue weighted by molar-refractivity contribution is 0.576. The van der Waals surface area contributed by atoms with Crippen molar-refractivity contribution in [2.75, 3.05) is 6.54 Å². The lowest BCUT2D eigenvalue weighted by atomic mass is 10.2. The summed E-state index contributed by atoms with van der Waals surface area (Å²) in [4.78, 5) is 0.109. The van der Waals surface area contributed by atoms with Crippen LogP contribution in [0.25, 0.3) is 0 Å². The van der Waals surface area contributed by atoms with Crippen LogP contribution < -0.4 is 10.5 Å². The molecular weight excluding hydrogens is 272 g/mol. The van der Waals surface area contributed by atoms with Gasteiger partial charge in [0.25, 0.3) is 0 Å². The van der Waals surface area contributed by atoms with Crippen molar-refractivity contribution in [1.82, 2.24) is 4.72 Å². The lowest BCUT2D eigenvalue weighted by Crippen LogP contribution is -2.25.